The molecule has 7 nitrogen and oxygen atoms in total. The Kier molecular flexibility index (Phi) is 5.25. The number of para-hydroxylation sites is 1. The van der Waals surface area contributed by atoms with Crippen molar-refractivity contribution in [2.75, 3.05) is 6.61 Å². The zero-order chi connectivity index (χ0) is 18.7. The number of hydrogen-bond acceptors (Lipinski definition) is 4. The zero-order valence-electron chi connectivity index (χ0n) is 14.9. The van der Waals surface area contributed by atoms with Gasteiger partial charge < -0.3 is 15.2 Å². The van der Waals surface area contributed by atoms with Gasteiger partial charge >= 0.3 is 5.97 Å². The zero-order valence-corrected chi connectivity index (χ0v) is 14.9. The summed E-state index contributed by atoms with van der Waals surface area (Å²) in [6.45, 7) is 4.54. The van der Waals surface area contributed by atoms with Crippen molar-refractivity contribution in [3.8, 4) is 11.4 Å². The van der Waals surface area contributed by atoms with Crippen LogP contribution in [0.1, 0.15) is 37.2 Å². The molecule has 1 heterocycles. The van der Waals surface area contributed by atoms with E-state index in [-0.39, 0.29) is 23.6 Å². The fraction of sp³-hybridized carbons (Fsp3) is 0.421. The van der Waals surface area contributed by atoms with Gasteiger partial charge in [-0.15, -0.1) is 0 Å². The number of hydrogen-bond donors (Lipinski definition) is 2. The van der Waals surface area contributed by atoms with E-state index in [1.165, 1.54) is 0 Å². The Labute approximate surface area is 152 Å². The van der Waals surface area contributed by atoms with E-state index in [1.54, 1.807) is 10.9 Å². The van der Waals surface area contributed by atoms with Crippen LogP contribution < -0.4 is 10.1 Å². The van der Waals surface area contributed by atoms with Crippen LogP contribution in [0.2, 0.25) is 0 Å². The molecule has 0 aliphatic heterocycles. The SMILES string of the molecule is CC(C)COc1cn(-c2ccccc2)nc1C(=O)NC1CC(C(=O)O)C1. The molecule has 1 amide bonds. The first kappa shape index (κ1) is 18.0. The number of rotatable bonds is 7. The van der Waals surface area contributed by atoms with E-state index in [4.69, 9.17) is 9.84 Å². The van der Waals surface area contributed by atoms with E-state index in [0.29, 0.717) is 31.1 Å². The fourth-order valence-corrected chi connectivity index (χ4v) is 2.78. The van der Waals surface area contributed by atoms with Gasteiger partial charge in [-0.3, -0.25) is 9.59 Å². The summed E-state index contributed by atoms with van der Waals surface area (Å²) in [5.41, 5.74) is 1.05. The molecular weight excluding hydrogens is 334 g/mol. The van der Waals surface area contributed by atoms with Crippen molar-refractivity contribution in [3.63, 3.8) is 0 Å². The van der Waals surface area contributed by atoms with E-state index in [2.05, 4.69) is 10.4 Å². The lowest BCUT2D eigenvalue weighted by molar-refractivity contribution is -0.145. The minimum Gasteiger partial charge on any atom is -0.489 e. The number of carbonyl (C=O) groups excluding carboxylic acids is 1. The maximum Gasteiger partial charge on any atom is 0.306 e. The van der Waals surface area contributed by atoms with E-state index in [9.17, 15) is 9.59 Å². The normalized spacial score (nSPS) is 19.0. The average Bonchev–Trinajstić information content (AvgIpc) is 3.00. The third-order valence-electron chi connectivity index (χ3n) is 4.31. The highest BCUT2D eigenvalue weighted by Crippen LogP contribution is 2.28. The molecule has 1 aromatic heterocycles. The summed E-state index contributed by atoms with van der Waals surface area (Å²) in [6, 6.07) is 9.35. The van der Waals surface area contributed by atoms with Crippen molar-refractivity contribution in [2.45, 2.75) is 32.7 Å². The van der Waals surface area contributed by atoms with Gasteiger partial charge in [-0.05, 0) is 30.9 Å². The number of aliphatic carboxylic acids is 1. The number of carboxylic acids is 1. The summed E-state index contributed by atoms with van der Waals surface area (Å²) < 4.78 is 7.39. The Morgan fingerprint density at radius 2 is 2.00 bits per heavy atom. The summed E-state index contributed by atoms with van der Waals surface area (Å²) in [7, 11) is 0. The maximum absolute atomic E-state index is 12.6. The molecule has 26 heavy (non-hydrogen) atoms. The average molecular weight is 357 g/mol. The van der Waals surface area contributed by atoms with Gasteiger partial charge in [0.05, 0.1) is 24.4 Å². The van der Waals surface area contributed by atoms with Crippen LogP contribution in [0.3, 0.4) is 0 Å². The molecule has 3 rings (SSSR count). The first-order chi connectivity index (χ1) is 12.4. The molecule has 138 valence electrons. The molecule has 2 aromatic rings. The van der Waals surface area contributed by atoms with Crippen LogP contribution in [-0.4, -0.2) is 39.4 Å². The highest BCUT2D eigenvalue weighted by Gasteiger charge is 2.36. The number of carboxylic acid groups (broad SMARTS) is 1. The summed E-state index contributed by atoms with van der Waals surface area (Å²) in [5.74, 6) is -0.793. The number of aromatic nitrogens is 2. The van der Waals surface area contributed by atoms with Crippen LogP contribution in [0.15, 0.2) is 36.5 Å². The lowest BCUT2D eigenvalue weighted by Crippen LogP contribution is -2.46. The Hall–Kier alpha value is -2.83. The summed E-state index contributed by atoms with van der Waals surface area (Å²) in [6.07, 6.45) is 2.60. The van der Waals surface area contributed by atoms with Crippen LogP contribution in [0.5, 0.6) is 5.75 Å². The topological polar surface area (TPSA) is 93.5 Å². The molecule has 0 unspecified atom stereocenters. The van der Waals surface area contributed by atoms with Crippen LogP contribution >= 0.6 is 0 Å². The van der Waals surface area contributed by atoms with Crippen molar-refractivity contribution < 1.29 is 19.4 Å². The van der Waals surface area contributed by atoms with Crippen molar-refractivity contribution in [1.29, 1.82) is 0 Å². The second-order valence-electron chi connectivity index (χ2n) is 7.00. The molecule has 1 saturated carbocycles. The molecule has 7 heteroatoms. The van der Waals surface area contributed by atoms with Gasteiger partial charge in [0, 0.05) is 6.04 Å². The number of nitrogens with one attached hydrogen (secondary N) is 1. The van der Waals surface area contributed by atoms with E-state index in [1.807, 2.05) is 44.2 Å². The van der Waals surface area contributed by atoms with Gasteiger partial charge in [-0.2, -0.15) is 5.10 Å². The van der Waals surface area contributed by atoms with Gasteiger partial charge in [0.25, 0.3) is 5.91 Å². The van der Waals surface area contributed by atoms with Crippen molar-refractivity contribution >= 4 is 11.9 Å². The van der Waals surface area contributed by atoms with Gasteiger partial charge in [-0.1, -0.05) is 32.0 Å². The largest absolute Gasteiger partial charge is 0.489 e. The molecule has 1 aliphatic rings. The first-order valence-electron chi connectivity index (χ1n) is 8.75. The summed E-state index contributed by atoms with van der Waals surface area (Å²) >= 11 is 0. The highest BCUT2D eigenvalue weighted by molar-refractivity contribution is 5.95. The Balaban J connectivity index is 1.76. The molecule has 0 radical (unpaired) electrons. The minimum absolute atomic E-state index is 0.136. The fourth-order valence-electron chi connectivity index (χ4n) is 2.78. The second-order valence-corrected chi connectivity index (χ2v) is 7.00. The molecule has 0 atom stereocenters. The smallest absolute Gasteiger partial charge is 0.306 e. The maximum atomic E-state index is 12.6. The van der Waals surface area contributed by atoms with Crippen LogP contribution in [0.4, 0.5) is 0 Å². The number of benzene rings is 1. The second kappa shape index (κ2) is 7.59. The predicted octanol–water partition coefficient (Wildman–Crippen LogP) is 2.50. The third kappa shape index (κ3) is 4.04. The van der Waals surface area contributed by atoms with Gasteiger partial charge in [-0.25, -0.2) is 4.68 Å². The van der Waals surface area contributed by atoms with Crippen molar-refractivity contribution in [3.05, 3.63) is 42.2 Å². The monoisotopic (exact) mass is 357 g/mol. The molecule has 2 N–H and O–H groups in total. The molecule has 1 aromatic carbocycles. The summed E-state index contributed by atoms with van der Waals surface area (Å²) in [4.78, 5) is 23.5. The molecule has 0 bridgehead atoms. The third-order valence-corrected chi connectivity index (χ3v) is 4.31. The van der Waals surface area contributed by atoms with Crippen LogP contribution in [-0.2, 0) is 4.79 Å². The number of carbonyl (C=O) groups is 2. The molecule has 1 fully saturated rings. The van der Waals surface area contributed by atoms with Crippen molar-refractivity contribution in [2.24, 2.45) is 11.8 Å². The standard InChI is InChI=1S/C19H23N3O4/c1-12(2)11-26-16-10-22(15-6-4-3-5-7-15)21-17(16)18(23)20-14-8-13(9-14)19(24)25/h3-7,10,12-14H,8-9,11H2,1-2H3,(H,20,23)(H,24,25). The van der Waals surface area contributed by atoms with Gasteiger partial charge in [0.2, 0.25) is 0 Å². The molecule has 0 saturated heterocycles. The molecular formula is C19H23N3O4. The summed E-state index contributed by atoms with van der Waals surface area (Å²) in [5, 5.41) is 16.2. The van der Waals surface area contributed by atoms with Crippen LogP contribution in [0, 0.1) is 11.8 Å². The Bertz CT molecular complexity index is 779. The van der Waals surface area contributed by atoms with E-state index < -0.39 is 5.97 Å². The molecule has 1 aliphatic carbocycles. The van der Waals surface area contributed by atoms with Gasteiger partial charge in [0.15, 0.2) is 11.4 Å². The lowest BCUT2D eigenvalue weighted by atomic mass is 9.80. The number of amides is 1. The minimum atomic E-state index is -0.815. The highest BCUT2D eigenvalue weighted by atomic mass is 16.5. The van der Waals surface area contributed by atoms with E-state index in [0.717, 1.165) is 5.69 Å². The molecule has 0 spiro atoms. The van der Waals surface area contributed by atoms with Crippen molar-refractivity contribution in [1.82, 2.24) is 15.1 Å². The van der Waals surface area contributed by atoms with Gasteiger partial charge in [0.1, 0.15) is 0 Å². The number of nitrogens with zero attached hydrogens (tertiary/aromatic N) is 2. The lowest BCUT2D eigenvalue weighted by Gasteiger charge is -2.32. The van der Waals surface area contributed by atoms with Crippen LogP contribution in [0.25, 0.3) is 5.69 Å². The predicted molar refractivity (Wildman–Crippen MR) is 95.5 cm³/mol. The quantitative estimate of drug-likeness (QED) is 0.794. The van der Waals surface area contributed by atoms with E-state index >= 15 is 0 Å². The number of ether oxygens (including phenoxy) is 1. The Morgan fingerprint density at radius 3 is 2.62 bits per heavy atom. The Morgan fingerprint density at radius 1 is 1.31 bits per heavy atom. The first-order valence-corrected chi connectivity index (χ1v) is 8.75.